The van der Waals surface area contributed by atoms with E-state index in [1.165, 1.54) is 26.2 Å². The van der Waals surface area contributed by atoms with Crippen molar-refractivity contribution in [1.29, 1.82) is 0 Å². The second kappa shape index (κ2) is 5.27. The summed E-state index contributed by atoms with van der Waals surface area (Å²) in [5, 5.41) is 11.7. The van der Waals surface area contributed by atoms with Gasteiger partial charge in [-0.1, -0.05) is 0 Å². The summed E-state index contributed by atoms with van der Waals surface area (Å²) < 4.78 is 4.55. The Kier molecular flexibility index (Phi) is 4.02. The van der Waals surface area contributed by atoms with E-state index in [1.807, 2.05) is 0 Å². The molecule has 0 heterocycles. The van der Waals surface area contributed by atoms with Crippen molar-refractivity contribution in [2.75, 3.05) is 12.4 Å². The summed E-state index contributed by atoms with van der Waals surface area (Å²) in [6, 6.07) is 4.56. The molecule has 86 valence electrons. The number of aliphatic hydroxyl groups excluding tert-OH is 1. The predicted octanol–water partition coefficient (Wildman–Crippen LogP) is 0.924. The van der Waals surface area contributed by atoms with Gasteiger partial charge < -0.3 is 15.2 Å². The van der Waals surface area contributed by atoms with E-state index in [4.69, 9.17) is 5.11 Å². The highest BCUT2D eigenvalue weighted by atomic mass is 16.5. The van der Waals surface area contributed by atoms with Gasteiger partial charge in [-0.25, -0.2) is 4.79 Å². The maximum absolute atomic E-state index is 11.2. The van der Waals surface area contributed by atoms with Gasteiger partial charge in [0.05, 0.1) is 19.3 Å². The molecule has 0 aliphatic rings. The smallest absolute Gasteiger partial charge is 0.337 e. The van der Waals surface area contributed by atoms with E-state index in [2.05, 4.69) is 10.1 Å². The number of aliphatic hydroxyl groups is 1. The molecule has 0 aliphatic carbocycles. The second-order valence-electron chi connectivity index (χ2n) is 3.20. The Hall–Kier alpha value is -1.88. The van der Waals surface area contributed by atoms with Gasteiger partial charge in [-0.2, -0.15) is 0 Å². The summed E-state index contributed by atoms with van der Waals surface area (Å²) in [6.45, 7) is 1.11. The van der Waals surface area contributed by atoms with E-state index in [9.17, 15) is 9.59 Å². The molecule has 2 N–H and O–H groups in total. The third kappa shape index (κ3) is 2.80. The zero-order valence-electron chi connectivity index (χ0n) is 9.11. The van der Waals surface area contributed by atoms with E-state index in [0.717, 1.165) is 0 Å². The Morgan fingerprint density at radius 2 is 2.12 bits per heavy atom. The molecule has 5 heteroatoms. The van der Waals surface area contributed by atoms with Gasteiger partial charge in [0, 0.05) is 18.2 Å². The first-order chi connectivity index (χ1) is 7.58. The van der Waals surface area contributed by atoms with Gasteiger partial charge in [0.1, 0.15) is 0 Å². The predicted molar refractivity (Wildman–Crippen MR) is 58.0 cm³/mol. The highest BCUT2D eigenvalue weighted by Gasteiger charge is 2.09. The standard InChI is InChI=1S/C11H13NO4/c1-7(14)12-10-4-3-8(11(15)16-2)5-9(10)6-13/h3-5,13H,6H2,1-2H3,(H,12,14). The van der Waals surface area contributed by atoms with Crippen LogP contribution >= 0.6 is 0 Å². The number of hydrogen-bond acceptors (Lipinski definition) is 4. The Morgan fingerprint density at radius 3 is 2.62 bits per heavy atom. The number of rotatable bonds is 3. The maximum atomic E-state index is 11.2. The number of esters is 1. The number of benzene rings is 1. The minimum absolute atomic E-state index is 0.236. The number of ether oxygens (including phenoxy) is 1. The van der Waals surface area contributed by atoms with E-state index in [-0.39, 0.29) is 12.5 Å². The lowest BCUT2D eigenvalue weighted by Crippen LogP contribution is -2.10. The van der Waals surface area contributed by atoms with Gasteiger partial charge in [0.25, 0.3) is 0 Å². The van der Waals surface area contributed by atoms with Crippen LogP contribution in [0.15, 0.2) is 18.2 Å². The molecule has 0 spiro atoms. The molecule has 1 aromatic carbocycles. The minimum Gasteiger partial charge on any atom is -0.465 e. The summed E-state index contributed by atoms with van der Waals surface area (Å²) in [6.07, 6.45) is 0. The molecule has 0 atom stereocenters. The fraction of sp³-hybridized carbons (Fsp3) is 0.273. The van der Waals surface area contributed by atoms with Gasteiger partial charge >= 0.3 is 5.97 Å². The molecule has 1 rings (SSSR count). The van der Waals surface area contributed by atoms with Crippen molar-refractivity contribution in [2.24, 2.45) is 0 Å². The number of amides is 1. The zero-order valence-corrected chi connectivity index (χ0v) is 9.11. The summed E-state index contributed by atoms with van der Waals surface area (Å²) in [5.74, 6) is -0.718. The Balaban J connectivity index is 3.06. The summed E-state index contributed by atoms with van der Waals surface area (Å²) >= 11 is 0. The Morgan fingerprint density at radius 1 is 1.44 bits per heavy atom. The van der Waals surface area contributed by atoms with Gasteiger partial charge in [-0.3, -0.25) is 4.79 Å². The van der Waals surface area contributed by atoms with Crippen LogP contribution in [-0.4, -0.2) is 24.1 Å². The third-order valence-corrected chi connectivity index (χ3v) is 2.01. The van der Waals surface area contributed by atoms with E-state index < -0.39 is 5.97 Å². The molecule has 1 aromatic rings. The number of hydrogen-bond donors (Lipinski definition) is 2. The zero-order chi connectivity index (χ0) is 12.1. The van der Waals surface area contributed by atoms with Crippen LogP contribution in [0.4, 0.5) is 5.69 Å². The first kappa shape index (κ1) is 12.2. The molecule has 0 aromatic heterocycles. The van der Waals surface area contributed by atoms with Crippen molar-refractivity contribution in [3.63, 3.8) is 0 Å². The highest BCUT2D eigenvalue weighted by molar-refractivity contribution is 5.93. The number of carbonyl (C=O) groups excluding carboxylic acids is 2. The molecular formula is C11H13NO4. The summed E-state index contributed by atoms with van der Waals surface area (Å²) in [4.78, 5) is 22.1. The van der Waals surface area contributed by atoms with Gasteiger partial charge in [0.2, 0.25) is 5.91 Å². The Bertz CT molecular complexity index is 414. The lowest BCUT2D eigenvalue weighted by Gasteiger charge is -2.09. The number of methoxy groups -OCH3 is 1. The van der Waals surface area contributed by atoms with Crippen molar-refractivity contribution in [3.8, 4) is 0 Å². The summed E-state index contributed by atoms with van der Waals surface area (Å²) in [5.41, 5.74) is 1.29. The Labute approximate surface area is 93.0 Å². The van der Waals surface area contributed by atoms with Gasteiger partial charge in [-0.05, 0) is 18.2 Å². The largest absolute Gasteiger partial charge is 0.465 e. The highest BCUT2D eigenvalue weighted by Crippen LogP contribution is 2.18. The average Bonchev–Trinajstić information content (AvgIpc) is 2.27. The van der Waals surface area contributed by atoms with Crippen molar-refractivity contribution < 1.29 is 19.4 Å². The fourth-order valence-corrected chi connectivity index (χ4v) is 1.28. The normalized spacial score (nSPS) is 9.69. The van der Waals surface area contributed by atoms with E-state index >= 15 is 0 Å². The molecule has 0 aliphatic heterocycles. The molecule has 0 fully saturated rings. The van der Waals surface area contributed by atoms with Crippen molar-refractivity contribution in [1.82, 2.24) is 0 Å². The first-order valence-electron chi connectivity index (χ1n) is 4.68. The van der Waals surface area contributed by atoms with Crippen LogP contribution in [0.25, 0.3) is 0 Å². The number of carbonyl (C=O) groups is 2. The van der Waals surface area contributed by atoms with Crippen LogP contribution < -0.4 is 5.32 Å². The lowest BCUT2D eigenvalue weighted by molar-refractivity contribution is -0.114. The van der Waals surface area contributed by atoms with Gasteiger partial charge in [0.15, 0.2) is 0 Å². The van der Waals surface area contributed by atoms with Crippen LogP contribution in [0.1, 0.15) is 22.8 Å². The van der Waals surface area contributed by atoms with Crippen LogP contribution in [0.3, 0.4) is 0 Å². The third-order valence-electron chi connectivity index (χ3n) is 2.01. The van der Waals surface area contributed by atoms with Crippen molar-refractivity contribution >= 4 is 17.6 Å². The van der Waals surface area contributed by atoms with Crippen molar-refractivity contribution in [3.05, 3.63) is 29.3 Å². The van der Waals surface area contributed by atoms with E-state index in [0.29, 0.717) is 16.8 Å². The quantitative estimate of drug-likeness (QED) is 0.747. The fourth-order valence-electron chi connectivity index (χ4n) is 1.28. The minimum atomic E-state index is -0.482. The second-order valence-corrected chi connectivity index (χ2v) is 3.20. The van der Waals surface area contributed by atoms with Gasteiger partial charge in [-0.15, -0.1) is 0 Å². The molecule has 0 radical (unpaired) electrons. The molecule has 0 saturated carbocycles. The molecule has 0 unspecified atom stereocenters. The average molecular weight is 223 g/mol. The lowest BCUT2D eigenvalue weighted by atomic mass is 10.1. The summed E-state index contributed by atoms with van der Waals surface area (Å²) in [7, 11) is 1.28. The molecule has 0 bridgehead atoms. The van der Waals surface area contributed by atoms with Crippen molar-refractivity contribution in [2.45, 2.75) is 13.5 Å². The number of nitrogens with one attached hydrogen (secondary N) is 1. The van der Waals surface area contributed by atoms with Crippen LogP contribution in [0, 0.1) is 0 Å². The molecule has 5 nitrogen and oxygen atoms in total. The van der Waals surface area contributed by atoms with Crippen LogP contribution in [0.5, 0.6) is 0 Å². The van der Waals surface area contributed by atoms with Crippen LogP contribution in [-0.2, 0) is 16.1 Å². The topological polar surface area (TPSA) is 75.6 Å². The molecular weight excluding hydrogens is 210 g/mol. The number of anilines is 1. The molecule has 0 saturated heterocycles. The van der Waals surface area contributed by atoms with Crippen LogP contribution in [0.2, 0.25) is 0 Å². The molecule has 1 amide bonds. The monoisotopic (exact) mass is 223 g/mol. The maximum Gasteiger partial charge on any atom is 0.337 e. The SMILES string of the molecule is COC(=O)c1ccc(NC(C)=O)c(CO)c1. The first-order valence-corrected chi connectivity index (χ1v) is 4.68. The van der Waals surface area contributed by atoms with E-state index in [1.54, 1.807) is 6.07 Å². The molecule has 16 heavy (non-hydrogen) atoms.